The Balaban J connectivity index is 2.33. The van der Waals surface area contributed by atoms with Gasteiger partial charge < -0.3 is 10.1 Å². The van der Waals surface area contributed by atoms with E-state index in [2.05, 4.69) is 15.1 Å². The van der Waals surface area contributed by atoms with Crippen molar-refractivity contribution in [3.05, 3.63) is 36.5 Å². The Bertz CT molecular complexity index is 650. The summed E-state index contributed by atoms with van der Waals surface area (Å²) in [6.07, 6.45) is 8.91. The van der Waals surface area contributed by atoms with Crippen LogP contribution in [0.2, 0.25) is 0 Å². The van der Waals surface area contributed by atoms with Crippen LogP contribution in [0.25, 0.3) is 11.5 Å². The van der Waals surface area contributed by atoms with Crippen molar-refractivity contribution in [1.29, 1.82) is 0 Å². The summed E-state index contributed by atoms with van der Waals surface area (Å²) in [5, 5.41) is 4.20. The number of hydrogen-bond donors (Lipinski definition) is 1. The predicted molar refractivity (Wildman–Crippen MR) is 59.3 cm³/mol. The molecule has 80 valence electrons. The molecule has 0 saturated heterocycles. The fraction of sp³-hybridized carbons (Fsp3) is 0.100. The van der Waals surface area contributed by atoms with Crippen LogP contribution in [0.3, 0.4) is 0 Å². The summed E-state index contributed by atoms with van der Waals surface area (Å²) >= 11 is 0. The van der Waals surface area contributed by atoms with Crippen molar-refractivity contribution >= 4 is 11.5 Å². The second-order valence-electron chi connectivity index (χ2n) is 3.61. The number of fused-ring (bicyclic) bond motifs is 1. The summed E-state index contributed by atoms with van der Waals surface area (Å²) < 4.78 is 3.50. The Morgan fingerprint density at radius 2 is 2.19 bits per heavy atom. The number of anilines is 1. The van der Waals surface area contributed by atoms with Gasteiger partial charge >= 0.3 is 0 Å². The van der Waals surface area contributed by atoms with Gasteiger partial charge in [-0.1, -0.05) is 0 Å². The fourth-order valence-electron chi connectivity index (χ4n) is 1.62. The Morgan fingerprint density at radius 1 is 1.31 bits per heavy atom. The first-order valence-electron chi connectivity index (χ1n) is 4.85. The largest absolute Gasteiger partial charge is 0.382 e. The van der Waals surface area contributed by atoms with Crippen LogP contribution in [0.5, 0.6) is 0 Å². The highest BCUT2D eigenvalue weighted by molar-refractivity contribution is 5.56. The molecule has 0 amide bonds. The maximum absolute atomic E-state index is 5.73. The van der Waals surface area contributed by atoms with E-state index in [4.69, 9.17) is 5.73 Å². The van der Waals surface area contributed by atoms with E-state index in [1.807, 2.05) is 23.7 Å². The molecule has 2 N–H and O–H groups in total. The number of aryl methyl sites for hydroxylation is 1. The average molecular weight is 214 g/mol. The van der Waals surface area contributed by atoms with E-state index in [9.17, 15) is 0 Å². The summed E-state index contributed by atoms with van der Waals surface area (Å²) in [5.74, 6) is 1.08. The number of nitrogen functional groups attached to an aromatic ring is 1. The van der Waals surface area contributed by atoms with E-state index in [-0.39, 0.29) is 0 Å². The molecule has 6 nitrogen and oxygen atoms in total. The Kier molecular flexibility index (Phi) is 1.70. The first-order chi connectivity index (χ1) is 7.74. The SMILES string of the molecule is Cc1cnn(-c2nc(N)cn3ccnc23)c1. The summed E-state index contributed by atoms with van der Waals surface area (Å²) in [6.45, 7) is 1.97. The molecule has 0 bridgehead atoms. The van der Waals surface area contributed by atoms with Gasteiger partial charge in [-0.3, -0.25) is 0 Å². The topological polar surface area (TPSA) is 74.0 Å². The van der Waals surface area contributed by atoms with Gasteiger partial charge in [0, 0.05) is 18.6 Å². The molecule has 16 heavy (non-hydrogen) atoms. The highest BCUT2D eigenvalue weighted by Crippen LogP contribution is 2.13. The van der Waals surface area contributed by atoms with Crippen LogP contribution in [0.1, 0.15) is 5.56 Å². The second kappa shape index (κ2) is 3.06. The minimum atomic E-state index is 0.439. The lowest BCUT2D eigenvalue weighted by Crippen LogP contribution is -2.05. The Hall–Kier alpha value is -2.37. The van der Waals surface area contributed by atoms with Crippen LogP contribution in [0, 0.1) is 6.92 Å². The molecule has 0 unspecified atom stereocenters. The molecular formula is C10H10N6. The minimum Gasteiger partial charge on any atom is -0.382 e. The van der Waals surface area contributed by atoms with Gasteiger partial charge in [-0.05, 0) is 12.5 Å². The third kappa shape index (κ3) is 1.23. The van der Waals surface area contributed by atoms with Crippen molar-refractivity contribution in [1.82, 2.24) is 24.1 Å². The molecular weight excluding hydrogens is 204 g/mol. The molecule has 0 aromatic carbocycles. The molecule has 0 aliphatic rings. The lowest BCUT2D eigenvalue weighted by Gasteiger charge is -2.03. The van der Waals surface area contributed by atoms with Gasteiger partial charge in [0.25, 0.3) is 0 Å². The molecule has 0 saturated carbocycles. The number of imidazole rings is 1. The normalized spacial score (nSPS) is 11.1. The van der Waals surface area contributed by atoms with Gasteiger partial charge in [0.2, 0.25) is 0 Å². The maximum atomic E-state index is 5.73. The highest BCUT2D eigenvalue weighted by atomic mass is 15.3. The monoisotopic (exact) mass is 214 g/mol. The van der Waals surface area contributed by atoms with Crippen LogP contribution in [0.15, 0.2) is 31.0 Å². The number of rotatable bonds is 1. The van der Waals surface area contributed by atoms with Crippen molar-refractivity contribution in [2.45, 2.75) is 6.92 Å². The summed E-state index contributed by atoms with van der Waals surface area (Å²) in [5.41, 5.74) is 7.52. The van der Waals surface area contributed by atoms with Gasteiger partial charge in [-0.25, -0.2) is 14.6 Å². The van der Waals surface area contributed by atoms with Crippen molar-refractivity contribution < 1.29 is 0 Å². The number of nitrogens with two attached hydrogens (primary N) is 1. The fourth-order valence-corrected chi connectivity index (χ4v) is 1.62. The molecule has 3 aromatic rings. The van der Waals surface area contributed by atoms with E-state index >= 15 is 0 Å². The van der Waals surface area contributed by atoms with E-state index < -0.39 is 0 Å². The molecule has 0 atom stereocenters. The number of hydrogen-bond acceptors (Lipinski definition) is 4. The molecule has 3 heterocycles. The van der Waals surface area contributed by atoms with Gasteiger partial charge in [-0.15, -0.1) is 0 Å². The minimum absolute atomic E-state index is 0.439. The third-order valence-electron chi connectivity index (χ3n) is 2.30. The molecule has 0 aliphatic heterocycles. The first kappa shape index (κ1) is 8.90. The third-order valence-corrected chi connectivity index (χ3v) is 2.30. The predicted octanol–water partition coefficient (Wildman–Crippen LogP) is 0.806. The van der Waals surface area contributed by atoms with Crippen LogP contribution >= 0.6 is 0 Å². The van der Waals surface area contributed by atoms with E-state index in [0.717, 1.165) is 11.2 Å². The van der Waals surface area contributed by atoms with Crippen molar-refractivity contribution in [3.8, 4) is 5.82 Å². The lowest BCUT2D eigenvalue weighted by molar-refractivity contribution is 0.844. The average Bonchev–Trinajstić information content (AvgIpc) is 2.84. The maximum Gasteiger partial charge on any atom is 0.199 e. The van der Waals surface area contributed by atoms with Gasteiger partial charge in [0.15, 0.2) is 11.5 Å². The van der Waals surface area contributed by atoms with E-state index in [0.29, 0.717) is 11.6 Å². The lowest BCUT2D eigenvalue weighted by atomic mass is 10.4. The molecule has 0 radical (unpaired) electrons. The molecule has 0 aliphatic carbocycles. The van der Waals surface area contributed by atoms with Crippen molar-refractivity contribution in [2.75, 3.05) is 5.73 Å². The zero-order valence-electron chi connectivity index (χ0n) is 8.70. The van der Waals surface area contributed by atoms with Crippen molar-refractivity contribution in [2.24, 2.45) is 0 Å². The first-order valence-corrected chi connectivity index (χ1v) is 4.85. The zero-order chi connectivity index (χ0) is 11.1. The highest BCUT2D eigenvalue weighted by Gasteiger charge is 2.08. The van der Waals surface area contributed by atoms with Crippen LogP contribution in [-0.4, -0.2) is 24.1 Å². The summed E-state index contributed by atoms with van der Waals surface area (Å²) in [6, 6.07) is 0. The van der Waals surface area contributed by atoms with E-state index in [1.54, 1.807) is 23.3 Å². The smallest absolute Gasteiger partial charge is 0.199 e. The number of nitrogens with zero attached hydrogens (tertiary/aromatic N) is 5. The molecule has 3 aromatic heterocycles. The molecule has 0 fully saturated rings. The molecule has 0 spiro atoms. The van der Waals surface area contributed by atoms with E-state index in [1.165, 1.54) is 0 Å². The zero-order valence-corrected chi connectivity index (χ0v) is 8.70. The Morgan fingerprint density at radius 3 is 2.94 bits per heavy atom. The second-order valence-corrected chi connectivity index (χ2v) is 3.61. The van der Waals surface area contributed by atoms with Gasteiger partial charge in [0.1, 0.15) is 5.82 Å². The quantitative estimate of drug-likeness (QED) is 0.650. The van der Waals surface area contributed by atoms with Crippen LogP contribution < -0.4 is 5.73 Å². The Labute approximate surface area is 91.4 Å². The van der Waals surface area contributed by atoms with Gasteiger partial charge in [-0.2, -0.15) is 5.10 Å². The summed E-state index contributed by atoms with van der Waals surface area (Å²) in [7, 11) is 0. The van der Waals surface area contributed by atoms with Crippen LogP contribution in [-0.2, 0) is 0 Å². The number of aromatic nitrogens is 5. The summed E-state index contributed by atoms with van der Waals surface area (Å²) in [4.78, 5) is 8.48. The van der Waals surface area contributed by atoms with Gasteiger partial charge in [0.05, 0.1) is 12.4 Å². The molecule has 3 rings (SSSR count). The molecule has 6 heteroatoms. The van der Waals surface area contributed by atoms with Crippen LogP contribution in [0.4, 0.5) is 5.82 Å². The van der Waals surface area contributed by atoms with Crippen molar-refractivity contribution in [3.63, 3.8) is 0 Å². The standard InChI is InChI=1S/C10H10N6/c1-7-4-13-16(5-7)10-9-12-2-3-15(9)6-8(11)14-10/h2-6H,11H2,1H3.